The maximum atomic E-state index is 9.40. The number of hydrogen-bond donors (Lipinski definition) is 1. The fourth-order valence-electron chi connectivity index (χ4n) is 3.27. The summed E-state index contributed by atoms with van der Waals surface area (Å²) in [4.78, 5) is 2.68. The first kappa shape index (κ1) is 12.9. The Labute approximate surface area is 105 Å². The predicted molar refractivity (Wildman–Crippen MR) is 69.7 cm³/mol. The Morgan fingerprint density at radius 1 is 1.29 bits per heavy atom. The lowest BCUT2D eigenvalue weighted by atomic mass is 9.99. The molecule has 2 aliphatic carbocycles. The van der Waals surface area contributed by atoms with Gasteiger partial charge in [-0.3, -0.25) is 10.2 Å². The molecule has 2 aliphatic rings. The minimum Gasteiger partial charge on any atom is -0.300 e. The average molecular weight is 235 g/mol. The Morgan fingerprint density at radius 2 is 2.06 bits per heavy atom. The van der Waals surface area contributed by atoms with Crippen LogP contribution in [0.4, 0.5) is 0 Å². The van der Waals surface area contributed by atoms with E-state index in [1.165, 1.54) is 32.2 Å². The fourth-order valence-corrected chi connectivity index (χ4v) is 3.27. The van der Waals surface area contributed by atoms with Gasteiger partial charge in [-0.2, -0.15) is 5.26 Å². The number of rotatable bonds is 6. The molecule has 0 radical (unpaired) electrons. The van der Waals surface area contributed by atoms with Crippen molar-refractivity contribution in [2.75, 3.05) is 13.1 Å². The van der Waals surface area contributed by atoms with E-state index in [-0.39, 0.29) is 5.54 Å². The summed E-state index contributed by atoms with van der Waals surface area (Å²) in [5.41, 5.74) is -0.236. The molecule has 0 aromatic heterocycles. The highest BCUT2D eigenvalue weighted by atomic mass is 15.2. The van der Waals surface area contributed by atoms with Gasteiger partial charge in [0.2, 0.25) is 0 Å². The third-order valence-electron chi connectivity index (χ3n) is 4.18. The van der Waals surface area contributed by atoms with Gasteiger partial charge in [0.05, 0.1) is 6.07 Å². The Bertz CT molecular complexity index is 292. The first-order valence-corrected chi connectivity index (χ1v) is 7.16. The Kier molecular flexibility index (Phi) is 4.06. The largest absolute Gasteiger partial charge is 0.300 e. The molecular formula is C14H25N3. The first-order valence-electron chi connectivity index (χ1n) is 7.16. The first-order chi connectivity index (χ1) is 8.24. The fraction of sp³-hybridized carbons (Fsp3) is 0.929. The van der Waals surface area contributed by atoms with Crippen molar-refractivity contribution < 1.29 is 0 Å². The second-order valence-electron chi connectivity index (χ2n) is 5.59. The van der Waals surface area contributed by atoms with Crippen LogP contribution >= 0.6 is 0 Å². The van der Waals surface area contributed by atoms with Crippen LogP contribution in [0.1, 0.15) is 52.4 Å². The van der Waals surface area contributed by atoms with Crippen LogP contribution in [0.5, 0.6) is 0 Å². The molecule has 0 saturated heterocycles. The normalized spacial score (nSPS) is 32.9. The minimum atomic E-state index is -0.236. The van der Waals surface area contributed by atoms with Gasteiger partial charge in [0.15, 0.2) is 0 Å². The highest BCUT2D eigenvalue weighted by Gasteiger charge is 2.44. The average Bonchev–Trinajstić information content (AvgIpc) is 3.09. The van der Waals surface area contributed by atoms with Crippen molar-refractivity contribution in [1.82, 2.24) is 10.2 Å². The molecule has 0 heterocycles. The van der Waals surface area contributed by atoms with Crippen LogP contribution in [-0.2, 0) is 0 Å². The molecule has 0 amide bonds. The zero-order chi connectivity index (χ0) is 12.3. The minimum absolute atomic E-state index is 0.236. The molecule has 2 rings (SSSR count). The monoisotopic (exact) mass is 235 g/mol. The Morgan fingerprint density at radius 3 is 2.59 bits per heavy atom. The van der Waals surface area contributed by atoms with Crippen LogP contribution < -0.4 is 5.32 Å². The van der Waals surface area contributed by atoms with Crippen molar-refractivity contribution in [1.29, 1.82) is 5.26 Å². The SMILES string of the molecule is CCCN(C1CC1)C1CCC(C#N)(NCC)C1. The van der Waals surface area contributed by atoms with E-state index in [9.17, 15) is 5.26 Å². The lowest BCUT2D eigenvalue weighted by Crippen LogP contribution is -2.44. The van der Waals surface area contributed by atoms with Crippen LogP contribution in [0.15, 0.2) is 0 Å². The van der Waals surface area contributed by atoms with E-state index in [1.54, 1.807) is 0 Å². The maximum Gasteiger partial charge on any atom is 0.108 e. The summed E-state index contributed by atoms with van der Waals surface area (Å²) in [6.07, 6.45) is 7.21. The zero-order valence-corrected chi connectivity index (χ0v) is 11.2. The van der Waals surface area contributed by atoms with Crippen LogP contribution in [0.3, 0.4) is 0 Å². The van der Waals surface area contributed by atoms with Crippen LogP contribution in [0.2, 0.25) is 0 Å². The zero-order valence-electron chi connectivity index (χ0n) is 11.2. The molecule has 0 bridgehead atoms. The summed E-state index contributed by atoms with van der Waals surface area (Å²) in [6.45, 7) is 6.46. The highest BCUT2D eigenvalue weighted by molar-refractivity contribution is 5.14. The molecule has 3 nitrogen and oxygen atoms in total. The smallest absolute Gasteiger partial charge is 0.108 e. The van der Waals surface area contributed by atoms with Crippen molar-refractivity contribution in [3.05, 3.63) is 0 Å². The lowest BCUT2D eigenvalue weighted by Gasteiger charge is -2.30. The number of nitrogens with zero attached hydrogens (tertiary/aromatic N) is 2. The van der Waals surface area contributed by atoms with E-state index >= 15 is 0 Å². The molecule has 0 aromatic carbocycles. The van der Waals surface area contributed by atoms with E-state index in [4.69, 9.17) is 0 Å². The van der Waals surface area contributed by atoms with Gasteiger partial charge in [0, 0.05) is 12.1 Å². The Balaban J connectivity index is 1.97. The van der Waals surface area contributed by atoms with E-state index < -0.39 is 0 Å². The third kappa shape index (κ3) is 2.81. The lowest BCUT2D eigenvalue weighted by molar-refractivity contribution is 0.182. The quantitative estimate of drug-likeness (QED) is 0.767. The summed E-state index contributed by atoms with van der Waals surface area (Å²) in [7, 11) is 0. The molecule has 0 spiro atoms. The molecule has 0 aromatic rings. The number of nitrogens with one attached hydrogen (secondary N) is 1. The molecule has 2 atom stereocenters. The van der Waals surface area contributed by atoms with E-state index in [1.807, 2.05) is 0 Å². The second-order valence-corrected chi connectivity index (χ2v) is 5.59. The molecule has 17 heavy (non-hydrogen) atoms. The van der Waals surface area contributed by atoms with Gasteiger partial charge in [-0.25, -0.2) is 0 Å². The molecule has 3 heteroatoms. The second kappa shape index (κ2) is 5.37. The number of nitriles is 1. The van der Waals surface area contributed by atoms with Gasteiger partial charge < -0.3 is 0 Å². The molecule has 2 fully saturated rings. The van der Waals surface area contributed by atoms with Crippen LogP contribution in [-0.4, -0.2) is 35.6 Å². The van der Waals surface area contributed by atoms with Crippen molar-refractivity contribution in [2.45, 2.75) is 70.0 Å². The van der Waals surface area contributed by atoms with E-state index in [2.05, 4.69) is 30.1 Å². The van der Waals surface area contributed by atoms with Crippen molar-refractivity contribution in [3.8, 4) is 6.07 Å². The molecule has 0 aliphatic heterocycles. The van der Waals surface area contributed by atoms with Gasteiger partial charge in [0.25, 0.3) is 0 Å². The molecule has 1 N–H and O–H groups in total. The summed E-state index contributed by atoms with van der Waals surface area (Å²) in [6, 6.07) is 4.00. The third-order valence-corrected chi connectivity index (χ3v) is 4.18. The molecule has 2 unspecified atom stereocenters. The number of hydrogen-bond acceptors (Lipinski definition) is 3. The molecule has 2 saturated carbocycles. The van der Waals surface area contributed by atoms with E-state index in [0.717, 1.165) is 25.4 Å². The van der Waals surface area contributed by atoms with Crippen LogP contribution in [0, 0.1) is 11.3 Å². The topological polar surface area (TPSA) is 39.1 Å². The highest BCUT2D eigenvalue weighted by Crippen LogP contribution is 2.38. The van der Waals surface area contributed by atoms with Crippen LogP contribution in [0.25, 0.3) is 0 Å². The molecular weight excluding hydrogens is 210 g/mol. The Hall–Kier alpha value is -0.590. The maximum absolute atomic E-state index is 9.40. The summed E-state index contributed by atoms with van der Waals surface area (Å²) >= 11 is 0. The van der Waals surface area contributed by atoms with Gasteiger partial charge in [-0.05, 0) is 51.6 Å². The summed E-state index contributed by atoms with van der Waals surface area (Å²) < 4.78 is 0. The molecule has 96 valence electrons. The van der Waals surface area contributed by atoms with Crippen molar-refractivity contribution in [3.63, 3.8) is 0 Å². The van der Waals surface area contributed by atoms with Crippen molar-refractivity contribution >= 4 is 0 Å². The van der Waals surface area contributed by atoms with Gasteiger partial charge in [-0.15, -0.1) is 0 Å². The van der Waals surface area contributed by atoms with Gasteiger partial charge in [0.1, 0.15) is 5.54 Å². The standard InChI is InChI=1S/C14H25N3/c1-3-9-17(12-5-6-12)13-7-8-14(10-13,11-15)16-4-2/h12-13,16H,3-10H2,1-2H3. The van der Waals surface area contributed by atoms with E-state index in [0.29, 0.717) is 6.04 Å². The predicted octanol–water partition coefficient (Wildman–Crippen LogP) is 2.29. The van der Waals surface area contributed by atoms with Gasteiger partial charge in [-0.1, -0.05) is 13.8 Å². The van der Waals surface area contributed by atoms with Crippen molar-refractivity contribution in [2.24, 2.45) is 0 Å². The summed E-state index contributed by atoms with van der Waals surface area (Å²) in [5.74, 6) is 0. The van der Waals surface area contributed by atoms with Gasteiger partial charge >= 0.3 is 0 Å². The summed E-state index contributed by atoms with van der Waals surface area (Å²) in [5, 5.41) is 12.8.